The van der Waals surface area contributed by atoms with Crippen molar-refractivity contribution in [1.29, 1.82) is 0 Å². The predicted octanol–water partition coefficient (Wildman–Crippen LogP) is 2.75. The van der Waals surface area contributed by atoms with E-state index in [4.69, 9.17) is 5.73 Å². The van der Waals surface area contributed by atoms with Crippen molar-refractivity contribution in [3.05, 3.63) is 35.4 Å². The van der Waals surface area contributed by atoms with Crippen LogP contribution in [0.2, 0.25) is 0 Å². The molecule has 20 heavy (non-hydrogen) atoms. The average molecular weight is 282 g/mol. The first-order chi connectivity index (χ1) is 9.41. The lowest BCUT2D eigenvalue weighted by atomic mass is 9.95. The number of nitrogens with two attached hydrogens (primary N) is 1. The van der Waals surface area contributed by atoms with E-state index in [0.717, 1.165) is 6.07 Å². The number of hydrogen-bond acceptors (Lipinski definition) is 2. The quantitative estimate of drug-likeness (QED) is 0.906. The third kappa shape index (κ3) is 2.82. The van der Waals surface area contributed by atoms with Crippen LogP contribution in [0.3, 0.4) is 0 Å². The number of benzene rings is 1. The molecule has 2 N–H and O–H groups in total. The molecule has 1 fully saturated rings. The van der Waals surface area contributed by atoms with Gasteiger partial charge < -0.3 is 10.6 Å². The SMILES string of the molecule is CC(C)N1C(=O)CCCC(N)C1c1ccc(F)cc1F. The summed E-state index contributed by atoms with van der Waals surface area (Å²) in [7, 11) is 0. The lowest BCUT2D eigenvalue weighted by molar-refractivity contribution is -0.135. The number of carbonyl (C=O) groups is 1. The number of nitrogens with zero attached hydrogens (tertiary/aromatic N) is 1. The van der Waals surface area contributed by atoms with Crippen LogP contribution in [0.4, 0.5) is 8.78 Å². The van der Waals surface area contributed by atoms with E-state index in [0.29, 0.717) is 24.8 Å². The summed E-state index contributed by atoms with van der Waals surface area (Å²) in [4.78, 5) is 13.9. The van der Waals surface area contributed by atoms with Crippen LogP contribution in [0.5, 0.6) is 0 Å². The number of amides is 1. The number of carbonyl (C=O) groups excluding carboxylic acids is 1. The highest BCUT2D eigenvalue weighted by molar-refractivity contribution is 5.77. The molecule has 1 aliphatic rings. The van der Waals surface area contributed by atoms with Gasteiger partial charge in [-0.1, -0.05) is 6.07 Å². The molecule has 110 valence electrons. The second kappa shape index (κ2) is 5.87. The van der Waals surface area contributed by atoms with Gasteiger partial charge in [-0.15, -0.1) is 0 Å². The maximum Gasteiger partial charge on any atom is 0.223 e. The van der Waals surface area contributed by atoms with Crippen LogP contribution in [0.15, 0.2) is 18.2 Å². The van der Waals surface area contributed by atoms with Gasteiger partial charge in [0.25, 0.3) is 0 Å². The highest BCUT2D eigenvalue weighted by atomic mass is 19.1. The van der Waals surface area contributed by atoms with Crippen LogP contribution in [0.1, 0.15) is 44.7 Å². The topological polar surface area (TPSA) is 46.3 Å². The summed E-state index contributed by atoms with van der Waals surface area (Å²) in [6.07, 6.45) is 1.77. The second-order valence-corrected chi connectivity index (χ2v) is 5.56. The summed E-state index contributed by atoms with van der Waals surface area (Å²) in [6.45, 7) is 3.76. The fourth-order valence-electron chi connectivity index (χ4n) is 2.87. The van der Waals surface area contributed by atoms with Crippen LogP contribution in [-0.4, -0.2) is 22.9 Å². The first-order valence-corrected chi connectivity index (χ1v) is 6.93. The molecule has 5 heteroatoms. The molecule has 2 rings (SSSR count). The van der Waals surface area contributed by atoms with E-state index in [1.165, 1.54) is 12.1 Å². The molecule has 3 nitrogen and oxygen atoms in total. The number of rotatable bonds is 2. The molecular weight excluding hydrogens is 262 g/mol. The van der Waals surface area contributed by atoms with Crippen molar-refractivity contribution in [2.45, 2.75) is 51.2 Å². The minimum absolute atomic E-state index is 0.0262. The van der Waals surface area contributed by atoms with E-state index in [-0.39, 0.29) is 18.0 Å². The molecule has 0 saturated carbocycles. The van der Waals surface area contributed by atoms with Crippen molar-refractivity contribution in [2.24, 2.45) is 5.73 Å². The fourth-order valence-corrected chi connectivity index (χ4v) is 2.87. The van der Waals surface area contributed by atoms with Crippen LogP contribution in [0, 0.1) is 11.6 Å². The minimum atomic E-state index is -0.647. The lowest BCUT2D eigenvalue weighted by Crippen LogP contribution is -2.46. The van der Waals surface area contributed by atoms with E-state index in [9.17, 15) is 13.6 Å². The van der Waals surface area contributed by atoms with Crippen molar-refractivity contribution >= 4 is 5.91 Å². The highest BCUT2D eigenvalue weighted by Gasteiger charge is 2.35. The molecule has 1 heterocycles. The van der Waals surface area contributed by atoms with Gasteiger partial charge in [-0.3, -0.25) is 4.79 Å². The summed E-state index contributed by atoms with van der Waals surface area (Å²) in [5.74, 6) is -1.30. The number of halogens is 2. The molecule has 2 atom stereocenters. The van der Waals surface area contributed by atoms with Crippen molar-refractivity contribution in [3.63, 3.8) is 0 Å². The monoisotopic (exact) mass is 282 g/mol. The van der Waals surface area contributed by atoms with Crippen molar-refractivity contribution < 1.29 is 13.6 Å². The van der Waals surface area contributed by atoms with E-state index in [2.05, 4.69) is 0 Å². The summed E-state index contributed by atoms with van der Waals surface area (Å²) < 4.78 is 27.1. The average Bonchev–Trinajstić information content (AvgIpc) is 2.49. The first-order valence-electron chi connectivity index (χ1n) is 6.93. The summed E-state index contributed by atoms with van der Waals surface area (Å²) in [6, 6.07) is 2.48. The molecular formula is C15H20F2N2O. The largest absolute Gasteiger partial charge is 0.332 e. The van der Waals surface area contributed by atoms with E-state index >= 15 is 0 Å². The first kappa shape index (κ1) is 14.9. The smallest absolute Gasteiger partial charge is 0.223 e. The Bertz CT molecular complexity index is 505. The third-order valence-electron chi connectivity index (χ3n) is 3.76. The molecule has 1 saturated heterocycles. The molecule has 0 bridgehead atoms. The Labute approximate surface area is 117 Å². The summed E-state index contributed by atoms with van der Waals surface area (Å²) in [5, 5.41) is 0. The molecule has 2 unspecified atom stereocenters. The van der Waals surface area contributed by atoms with Crippen LogP contribution in [-0.2, 0) is 4.79 Å². The molecule has 0 aliphatic carbocycles. The maximum atomic E-state index is 14.1. The Morgan fingerprint density at radius 1 is 1.35 bits per heavy atom. The van der Waals surface area contributed by atoms with Gasteiger partial charge in [0.15, 0.2) is 0 Å². The normalized spacial score (nSPS) is 24.1. The van der Waals surface area contributed by atoms with Gasteiger partial charge in [0, 0.05) is 30.1 Å². The van der Waals surface area contributed by atoms with Crippen LogP contribution < -0.4 is 5.73 Å². The standard InChI is InChI=1S/C15H20F2N2O/c1-9(2)19-14(20)5-3-4-13(18)15(19)11-7-6-10(16)8-12(11)17/h6-9,13,15H,3-5,18H2,1-2H3. The Kier molecular flexibility index (Phi) is 4.38. The molecule has 1 aliphatic heterocycles. The van der Waals surface area contributed by atoms with Gasteiger partial charge in [-0.25, -0.2) is 8.78 Å². The van der Waals surface area contributed by atoms with Gasteiger partial charge in [-0.05, 0) is 32.8 Å². The van der Waals surface area contributed by atoms with Gasteiger partial charge in [0.2, 0.25) is 5.91 Å². The fraction of sp³-hybridized carbons (Fsp3) is 0.533. The minimum Gasteiger partial charge on any atom is -0.332 e. The number of likely N-dealkylation sites (tertiary alicyclic amines) is 1. The molecule has 1 aromatic carbocycles. The molecule has 1 amide bonds. The van der Waals surface area contributed by atoms with Crippen molar-refractivity contribution in [1.82, 2.24) is 4.90 Å². The molecule has 0 aromatic heterocycles. The Balaban J connectivity index is 2.48. The maximum absolute atomic E-state index is 14.1. The summed E-state index contributed by atoms with van der Waals surface area (Å²) in [5.41, 5.74) is 6.45. The van der Waals surface area contributed by atoms with Crippen molar-refractivity contribution in [3.8, 4) is 0 Å². The lowest BCUT2D eigenvalue weighted by Gasteiger charge is -2.37. The van der Waals surface area contributed by atoms with Crippen molar-refractivity contribution in [2.75, 3.05) is 0 Å². The zero-order chi connectivity index (χ0) is 14.9. The van der Waals surface area contributed by atoms with Gasteiger partial charge in [0.05, 0.1) is 6.04 Å². The zero-order valence-electron chi connectivity index (χ0n) is 11.8. The molecule has 1 aromatic rings. The van der Waals surface area contributed by atoms with Crippen LogP contribution in [0.25, 0.3) is 0 Å². The number of hydrogen-bond donors (Lipinski definition) is 1. The van der Waals surface area contributed by atoms with E-state index in [1.54, 1.807) is 4.90 Å². The van der Waals surface area contributed by atoms with E-state index in [1.807, 2.05) is 13.8 Å². The predicted molar refractivity (Wildman–Crippen MR) is 72.9 cm³/mol. The van der Waals surface area contributed by atoms with Gasteiger partial charge >= 0.3 is 0 Å². The van der Waals surface area contributed by atoms with Crippen LogP contribution >= 0.6 is 0 Å². The Hall–Kier alpha value is -1.49. The van der Waals surface area contributed by atoms with Gasteiger partial charge in [0.1, 0.15) is 11.6 Å². The van der Waals surface area contributed by atoms with E-state index < -0.39 is 17.7 Å². The third-order valence-corrected chi connectivity index (χ3v) is 3.76. The zero-order valence-corrected chi connectivity index (χ0v) is 11.8. The molecule has 0 spiro atoms. The summed E-state index contributed by atoms with van der Waals surface area (Å²) >= 11 is 0. The second-order valence-electron chi connectivity index (χ2n) is 5.56. The van der Waals surface area contributed by atoms with Gasteiger partial charge in [-0.2, -0.15) is 0 Å². The molecule has 0 radical (unpaired) electrons. The Morgan fingerprint density at radius 2 is 2.05 bits per heavy atom. The Morgan fingerprint density at radius 3 is 2.65 bits per heavy atom. The highest BCUT2D eigenvalue weighted by Crippen LogP contribution is 2.33.